The summed E-state index contributed by atoms with van der Waals surface area (Å²) in [4.78, 5) is 15.6. The van der Waals surface area contributed by atoms with Crippen molar-refractivity contribution in [3.05, 3.63) is 35.4 Å². The minimum atomic E-state index is 0.404. The van der Waals surface area contributed by atoms with Crippen LogP contribution >= 0.6 is 0 Å². The van der Waals surface area contributed by atoms with Crippen LogP contribution in [0.25, 0.3) is 5.52 Å². The van der Waals surface area contributed by atoms with Crippen LogP contribution in [0.1, 0.15) is 40.6 Å². The number of nitrogens with one attached hydrogen (secondary N) is 1. The first-order valence-corrected chi connectivity index (χ1v) is 6.44. The molecule has 4 nitrogen and oxygen atoms in total. The Balaban J connectivity index is 2.15. The number of aromatic nitrogens is 2. The van der Waals surface area contributed by atoms with Crippen molar-refractivity contribution in [1.82, 2.24) is 14.7 Å². The van der Waals surface area contributed by atoms with Gasteiger partial charge in [-0.25, -0.2) is 4.98 Å². The van der Waals surface area contributed by atoms with Crippen molar-refractivity contribution < 1.29 is 4.79 Å². The second-order valence-corrected chi connectivity index (χ2v) is 4.98. The minimum Gasteiger partial charge on any atom is -0.316 e. The molecule has 1 aliphatic rings. The highest BCUT2D eigenvalue weighted by Crippen LogP contribution is 2.25. The smallest absolute Gasteiger partial charge is 0.170 e. The summed E-state index contributed by atoms with van der Waals surface area (Å²) in [6.07, 6.45) is 5.23. The van der Waals surface area contributed by atoms with Gasteiger partial charge in [-0.1, -0.05) is 6.07 Å². The summed E-state index contributed by atoms with van der Waals surface area (Å²) in [5.74, 6) is 1.42. The average molecular weight is 243 g/mol. The summed E-state index contributed by atoms with van der Waals surface area (Å²) in [7, 11) is 0. The summed E-state index contributed by atoms with van der Waals surface area (Å²) in [5, 5.41) is 3.40. The molecule has 0 spiro atoms. The fourth-order valence-electron chi connectivity index (χ4n) is 2.69. The molecule has 0 amide bonds. The van der Waals surface area contributed by atoms with E-state index < -0.39 is 0 Å². The zero-order chi connectivity index (χ0) is 12.5. The number of carbonyl (C=O) groups is 1. The Morgan fingerprint density at radius 3 is 3.11 bits per heavy atom. The Morgan fingerprint density at radius 2 is 2.39 bits per heavy atom. The number of piperidine rings is 1. The van der Waals surface area contributed by atoms with Crippen LogP contribution in [0.15, 0.2) is 18.3 Å². The van der Waals surface area contributed by atoms with E-state index in [0.29, 0.717) is 11.6 Å². The van der Waals surface area contributed by atoms with Gasteiger partial charge in [-0.3, -0.25) is 4.79 Å². The van der Waals surface area contributed by atoms with Gasteiger partial charge in [0.2, 0.25) is 0 Å². The maximum absolute atomic E-state index is 11.1. The molecule has 1 saturated heterocycles. The number of hydrogen-bond acceptors (Lipinski definition) is 3. The van der Waals surface area contributed by atoms with Crippen LogP contribution < -0.4 is 5.32 Å². The predicted molar refractivity (Wildman–Crippen MR) is 70.2 cm³/mol. The lowest BCUT2D eigenvalue weighted by molar-refractivity contribution is 0.112. The predicted octanol–water partition coefficient (Wildman–Crippen LogP) is 1.92. The third kappa shape index (κ3) is 1.82. The van der Waals surface area contributed by atoms with E-state index in [9.17, 15) is 4.79 Å². The summed E-state index contributed by atoms with van der Waals surface area (Å²) in [6.45, 7) is 4.09. The topological polar surface area (TPSA) is 46.4 Å². The fourth-order valence-corrected chi connectivity index (χ4v) is 2.69. The molecule has 1 atom stereocenters. The van der Waals surface area contributed by atoms with Crippen LogP contribution in [0.2, 0.25) is 0 Å². The van der Waals surface area contributed by atoms with Crippen molar-refractivity contribution in [2.24, 2.45) is 0 Å². The molecule has 0 saturated carbocycles. The number of hydrogen-bond donors (Lipinski definition) is 1. The van der Waals surface area contributed by atoms with Gasteiger partial charge in [0.05, 0.1) is 5.52 Å². The van der Waals surface area contributed by atoms with E-state index in [4.69, 9.17) is 0 Å². The number of imidazole rings is 1. The lowest BCUT2D eigenvalue weighted by Crippen LogP contribution is -2.29. The molecule has 1 aliphatic heterocycles. The number of nitrogens with zero attached hydrogens (tertiary/aromatic N) is 2. The van der Waals surface area contributed by atoms with Gasteiger partial charge in [0.15, 0.2) is 6.29 Å². The van der Waals surface area contributed by atoms with E-state index in [1.54, 1.807) is 0 Å². The Labute approximate surface area is 106 Å². The van der Waals surface area contributed by atoms with Gasteiger partial charge in [0, 0.05) is 18.7 Å². The zero-order valence-electron chi connectivity index (χ0n) is 10.5. The van der Waals surface area contributed by atoms with Crippen molar-refractivity contribution in [3.63, 3.8) is 0 Å². The van der Waals surface area contributed by atoms with Crippen LogP contribution in [0.4, 0.5) is 0 Å². The molecule has 94 valence electrons. The lowest BCUT2D eigenvalue weighted by atomic mass is 9.99. The van der Waals surface area contributed by atoms with Crippen molar-refractivity contribution in [2.45, 2.75) is 25.7 Å². The summed E-state index contributed by atoms with van der Waals surface area (Å²) >= 11 is 0. The zero-order valence-corrected chi connectivity index (χ0v) is 10.5. The second kappa shape index (κ2) is 4.53. The molecule has 18 heavy (non-hydrogen) atoms. The second-order valence-electron chi connectivity index (χ2n) is 4.98. The molecule has 4 heteroatoms. The molecule has 1 N–H and O–H groups in total. The van der Waals surface area contributed by atoms with Crippen LogP contribution in [-0.2, 0) is 0 Å². The number of aryl methyl sites for hydroxylation is 1. The van der Waals surface area contributed by atoms with E-state index >= 15 is 0 Å². The number of rotatable bonds is 2. The molecule has 2 aromatic heterocycles. The molecule has 0 aliphatic carbocycles. The Kier molecular flexibility index (Phi) is 2.88. The van der Waals surface area contributed by atoms with Crippen molar-refractivity contribution >= 4 is 11.8 Å². The van der Waals surface area contributed by atoms with Gasteiger partial charge >= 0.3 is 0 Å². The Morgan fingerprint density at radius 1 is 1.50 bits per heavy atom. The van der Waals surface area contributed by atoms with Gasteiger partial charge < -0.3 is 9.72 Å². The average Bonchev–Trinajstić information content (AvgIpc) is 2.77. The molecule has 3 rings (SSSR count). The molecule has 2 aromatic rings. The van der Waals surface area contributed by atoms with E-state index in [1.807, 2.05) is 12.1 Å². The van der Waals surface area contributed by atoms with Crippen molar-refractivity contribution in [1.29, 1.82) is 0 Å². The van der Waals surface area contributed by atoms with Crippen molar-refractivity contribution in [3.8, 4) is 0 Å². The first-order valence-electron chi connectivity index (χ1n) is 6.44. The highest BCUT2D eigenvalue weighted by molar-refractivity contribution is 5.83. The van der Waals surface area contributed by atoms with E-state index in [0.717, 1.165) is 37.1 Å². The van der Waals surface area contributed by atoms with Gasteiger partial charge in [-0.2, -0.15) is 0 Å². The third-order valence-electron chi connectivity index (χ3n) is 3.61. The number of carbonyl (C=O) groups excluding carboxylic acids is 1. The molecule has 3 heterocycles. The third-order valence-corrected chi connectivity index (χ3v) is 3.61. The summed E-state index contributed by atoms with van der Waals surface area (Å²) in [5.41, 5.74) is 2.65. The lowest BCUT2D eigenvalue weighted by Gasteiger charge is -2.21. The maximum atomic E-state index is 11.1. The minimum absolute atomic E-state index is 0.404. The molecule has 1 unspecified atom stereocenters. The van der Waals surface area contributed by atoms with Gasteiger partial charge in [0.1, 0.15) is 11.5 Å². The summed E-state index contributed by atoms with van der Waals surface area (Å²) in [6, 6.07) is 4.00. The molecular formula is C14H17N3O. The van der Waals surface area contributed by atoms with Gasteiger partial charge in [0.25, 0.3) is 0 Å². The number of fused-ring (bicyclic) bond motifs is 1. The van der Waals surface area contributed by atoms with Crippen LogP contribution in [0, 0.1) is 6.92 Å². The summed E-state index contributed by atoms with van der Waals surface area (Å²) < 4.78 is 2.08. The normalized spacial score (nSPS) is 20.2. The van der Waals surface area contributed by atoms with E-state index in [1.165, 1.54) is 12.0 Å². The van der Waals surface area contributed by atoms with Gasteiger partial charge in [-0.05, 0) is 37.9 Å². The largest absolute Gasteiger partial charge is 0.316 e. The Bertz CT molecular complexity index is 582. The monoisotopic (exact) mass is 243 g/mol. The SMILES string of the molecule is Cc1ccc2c(C=O)nc(C3CCCNC3)n2c1. The first-order chi connectivity index (χ1) is 8.79. The van der Waals surface area contributed by atoms with Crippen molar-refractivity contribution in [2.75, 3.05) is 13.1 Å². The standard InChI is InChI=1S/C14H17N3O/c1-10-4-5-13-12(9-18)16-14(17(13)8-10)11-3-2-6-15-7-11/h4-5,8-9,11,15H,2-3,6-7H2,1H3. The van der Waals surface area contributed by atoms with Crippen LogP contribution in [0.5, 0.6) is 0 Å². The molecule has 0 aromatic carbocycles. The van der Waals surface area contributed by atoms with Gasteiger partial charge in [-0.15, -0.1) is 0 Å². The molecule has 1 fully saturated rings. The number of pyridine rings is 1. The Hall–Kier alpha value is -1.68. The highest BCUT2D eigenvalue weighted by atomic mass is 16.1. The quantitative estimate of drug-likeness (QED) is 0.820. The maximum Gasteiger partial charge on any atom is 0.170 e. The van der Waals surface area contributed by atoms with E-state index in [-0.39, 0.29) is 0 Å². The fraction of sp³-hybridized carbons (Fsp3) is 0.429. The highest BCUT2D eigenvalue weighted by Gasteiger charge is 2.21. The van der Waals surface area contributed by atoms with E-state index in [2.05, 4.69) is 27.8 Å². The number of aldehydes is 1. The molecule has 0 radical (unpaired) electrons. The first kappa shape index (κ1) is 11.4. The van der Waals surface area contributed by atoms with Crippen LogP contribution in [0.3, 0.4) is 0 Å². The molecule has 0 bridgehead atoms. The molecular weight excluding hydrogens is 226 g/mol. The van der Waals surface area contributed by atoms with Crippen LogP contribution in [-0.4, -0.2) is 28.8 Å².